The predicted molar refractivity (Wildman–Crippen MR) is 146 cm³/mol. The largest absolute Gasteiger partial charge is 0.491 e. The van der Waals surface area contributed by atoms with Crippen molar-refractivity contribution in [3.8, 4) is 5.75 Å². The highest BCUT2D eigenvalue weighted by Crippen LogP contribution is 2.27. The molecule has 1 aliphatic rings. The predicted octanol–water partition coefficient (Wildman–Crippen LogP) is 3.19. The van der Waals surface area contributed by atoms with Gasteiger partial charge >= 0.3 is 12.0 Å². The summed E-state index contributed by atoms with van der Waals surface area (Å²) in [6, 6.07) is 12.6. The highest BCUT2D eigenvalue weighted by Gasteiger charge is 2.27. The molecule has 0 fully saturated rings. The Labute approximate surface area is 236 Å². The van der Waals surface area contributed by atoms with Gasteiger partial charge in [0, 0.05) is 24.6 Å². The van der Waals surface area contributed by atoms with Gasteiger partial charge in [0.2, 0.25) is 5.91 Å². The number of anilines is 1. The molecule has 11 nitrogen and oxygen atoms in total. The number of halogens is 1. The second-order valence-electron chi connectivity index (χ2n) is 9.14. The van der Waals surface area contributed by atoms with E-state index < -0.39 is 29.9 Å². The molecular formula is C29H30FN5O6. The van der Waals surface area contributed by atoms with E-state index in [4.69, 9.17) is 9.47 Å². The van der Waals surface area contributed by atoms with Crippen molar-refractivity contribution >= 4 is 29.5 Å². The smallest absolute Gasteiger partial charge is 0.319 e. The zero-order chi connectivity index (χ0) is 29.2. The van der Waals surface area contributed by atoms with Crippen molar-refractivity contribution in [2.24, 2.45) is 0 Å². The quantitative estimate of drug-likeness (QED) is 0.322. The second kappa shape index (κ2) is 13.9. The van der Waals surface area contributed by atoms with Crippen LogP contribution in [0, 0.1) is 5.82 Å². The molecule has 0 unspecified atom stereocenters. The maximum atomic E-state index is 13.4. The number of urea groups is 1. The molecule has 0 saturated carbocycles. The van der Waals surface area contributed by atoms with Crippen LogP contribution in [0.4, 0.5) is 14.9 Å². The first kappa shape index (κ1) is 29.0. The van der Waals surface area contributed by atoms with Gasteiger partial charge in [-0.1, -0.05) is 18.2 Å². The minimum absolute atomic E-state index is 0.0938. The number of rotatable bonds is 10. The van der Waals surface area contributed by atoms with Crippen LogP contribution in [0.1, 0.15) is 40.9 Å². The summed E-state index contributed by atoms with van der Waals surface area (Å²) in [5.74, 6) is -1.45. The molecule has 0 saturated heterocycles. The number of carbonyl (C=O) groups excluding carboxylic acids is 4. The molecule has 4 amide bonds. The number of esters is 1. The van der Waals surface area contributed by atoms with E-state index in [1.54, 1.807) is 55.7 Å². The van der Waals surface area contributed by atoms with E-state index in [1.807, 2.05) is 0 Å². The molecule has 0 spiro atoms. The normalized spacial score (nSPS) is 13.2. The lowest BCUT2D eigenvalue weighted by Gasteiger charge is -2.23. The Hall–Kier alpha value is -5.00. The lowest BCUT2D eigenvalue weighted by atomic mass is 10.1. The highest BCUT2D eigenvalue weighted by atomic mass is 19.1. The SMILES string of the molecule is CCOC(=O)C[C@@H](NC(=O)CN1CCOc2ccc(NC(=O)NCc3ccc(F)cc3)cc2C1=O)c1cccnc1. The second-order valence-corrected chi connectivity index (χ2v) is 9.14. The molecule has 3 N–H and O–H groups in total. The average molecular weight is 564 g/mol. The van der Waals surface area contributed by atoms with Crippen LogP contribution < -0.4 is 20.7 Å². The van der Waals surface area contributed by atoms with Gasteiger partial charge in [-0.15, -0.1) is 0 Å². The van der Waals surface area contributed by atoms with E-state index in [0.717, 1.165) is 0 Å². The number of carbonyl (C=O) groups is 4. The molecule has 0 aliphatic carbocycles. The molecular weight excluding hydrogens is 533 g/mol. The molecule has 1 atom stereocenters. The number of pyridine rings is 1. The van der Waals surface area contributed by atoms with Gasteiger partial charge in [0.25, 0.3) is 5.91 Å². The molecule has 0 radical (unpaired) electrons. The number of fused-ring (bicyclic) bond motifs is 1. The first-order chi connectivity index (χ1) is 19.8. The van der Waals surface area contributed by atoms with Gasteiger partial charge in [0.05, 0.1) is 37.7 Å². The number of benzene rings is 2. The van der Waals surface area contributed by atoms with E-state index in [9.17, 15) is 23.6 Å². The van der Waals surface area contributed by atoms with Gasteiger partial charge < -0.3 is 30.3 Å². The first-order valence-corrected chi connectivity index (χ1v) is 13.0. The summed E-state index contributed by atoms with van der Waals surface area (Å²) in [6.45, 7) is 2.11. The Bertz CT molecular complexity index is 1390. The molecule has 0 bridgehead atoms. The molecule has 41 heavy (non-hydrogen) atoms. The van der Waals surface area contributed by atoms with Gasteiger partial charge in [-0.05, 0) is 54.4 Å². The van der Waals surface area contributed by atoms with Crippen LogP contribution >= 0.6 is 0 Å². The monoisotopic (exact) mass is 563 g/mol. The Morgan fingerprint density at radius 2 is 1.95 bits per heavy atom. The van der Waals surface area contributed by atoms with Crippen LogP contribution in [0.5, 0.6) is 5.75 Å². The van der Waals surface area contributed by atoms with Crippen molar-refractivity contribution in [1.29, 1.82) is 0 Å². The van der Waals surface area contributed by atoms with Gasteiger partial charge in [0.1, 0.15) is 18.2 Å². The minimum atomic E-state index is -0.690. The summed E-state index contributed by atoms with van der Waals surface area (Å²) in [6.07, 6.45) is 3.04. The molecule has 1 aliphatic heterocycles. The number of hydrogen-bond acceptors (Lipinski definition) is 7. The molecule has 12 heteroatoms. The lowest BCUT2D eigenvalue weighted by Crippen LogP contribution is -2.43. The van der Waals surface area contributed by atoms with Crippen molar-refractivity contribution in [1.82, 2.24) is 20.5 Å². The van der Waals surface area contributed by atoms with Crippen molar-refractivity contribution in [2.75, 3.05) is 31.6 Å². The highest BCUT2D eigenvalue weighted by molar-refractivity contribution is 6.01. The molecule has 3 aromatic rings. The third kappa shape index (κ3) is 8.24. The first-order valence-electron chi connectivity index (χ1n) is 13.0. The minimum Gasteiger partial charge on any atom is -0.491 e. The van der Waals surface area contributed by atoms with Crippen LogP contribution in [-0.4, -0.2) is 60.0 Å². The third-order valence-electron chi connectivity index (χ3n) is 6.17. The molecule has 2 aromatic carbocycles. The molecule has 4 rings (SSSR count). The summed E-state index contributed by atoms with van der Waals surface area (Å²) in [4.78, 5) is 56.4. The fourth-order valence-corrected chi connectivity index (χ4v) is 4.18. The van der Waals surface area contributed by atoms with Gasteiger partial charge in [-0.2, -0.15) is 0 Å². The van der Waals surface area contributed by atoms with Crippen LogP contribution in [0.3, 0.4) is 0 Å². The standard InChI is InChI=1S/C29H30FN5O6/c1-2-40-27(37)15-24(20-4-3-11-31-17-20)34-26(36)18-35-12-13-41-25-10-9-22(14-23(25)28(35)38)33-29(39)32-16-19-5-7-21(30)8-6-19/h3-11,14,17,24H,2,12-13,15-16,18H2,1H3,(H,34,36)(H2,32,33,39)/t24-/m1/s1. The van der Waals surface area contributed by atoms with Gasteiger partial charge in [-0.25, -0.2) is 9.18 Å². The average Bonchev–Trinajstić information content (AvgIpc) is 3.11. The lowest BCUT2D eigenvalue weighted by molar-refractivity contribution is -0.143. The molecule has 1 aromatic heterocycles. The van der Waals surface area contributed by atoms with Crippen molar-refractivity contribution in [2.45, 2.75) is 25.9 Å². The maximum absolute atomic E-state index is 13.4. The fraction of sp³-hybridized carbons (Fsp3) is 0.276. The Morgan fingerprint density at radius 3 is 2.68 bits per heavy atom. The number of amides is 4. The van der Waals surface area contributed by atoms with Crippen LogP contribution in [0.15, 0.2) is 67.0 Å². The maximum Gasteiger partial charge on any atom is 0.319 e. The molecule has 214 valence electrons. The van der Waals surface area contributed by atoms with Crippen LogP contribution in [0.25, 0.3) is 0 Å². The van der Waals surface area contributed by atoms with E-state index in [2.05, 4.69) is 20.9 Å². The van der Waals surface area contributed by atoms with Crippen molar-refractivity contribution in [3.63, 3.8) is 0 Å². The van der Waals surface area contributed by atoms with Crippen LogP contribution in [-0.2, 0) is 20.9 Å². The number of aromatic nitrogens is 1. The van der Waals surface area contributed by atoms with Gasteiger partial charge in [-0.3, -0.25) is 19.4 Å². The van der Waals surface area contributed by atoms with E-state index in [-0.39, 0.29) is 50.6 Å². The number of ether oxygens (including phenoxy) is 2. The third-order valence-corrected chi connectivity index (χ3v) is 6.17. The zero-order valence-electron chi connectivity index (χ0n) is 22.4. The summed E-state index contributed by atoms with van der Waals surface area (Å²) in [7, 11) is 0. The summed E-state index contributed by atoms with van der Waals surface area (Å²) >= 11 is 0. The van der Waals surface area contributed by atoms with Crippen LogP contribution in [0.2, 0.25) is 0 Å². The Balaban J connectivity index is 1.40. The number of nitrogens with zero attached hydrogens (tertiary/aromatic N) is 2. The number of hydrogen-bond donors (Lipinski definition) is 3. The van der Waals surface area contributed by atoms with Gasteiger partial charge in [0.15, 0.2) is 0 Å². The summed E-state index contributed by atoms with van der Waals surface area (Å²) in [5, 5.41) is 8.13. The Kier molecular flexibility index (Phi) is 9.81. The van der Waals surface area contributed by atoms with E-state index >= 15 is 0 Å². The summed E-state index contributed by atoms with van der Waals surface area (Å²) in [5.41, 5.74) is 1.86. The van der Waals surface area contributed by atoms with Crippen molar-refractivity contribution in [3.05, 3.63) is 89.5 Å². The van der Waals surface area contributed by atoms with E-state index in [0.29, 0.717) is 22.6 Å². The van der Waals surface area contributed by atoms with E-state index in [1.165, 1.54) is 23.1 Å². The summed E-state index contributed by atoms with van der Waals surface area (Å²) < 4.78 is 23.8. The zero-order valence-corrected chi connectivity index (χ0v) is 22.4. The van der Waals surface area contributed by atoms with Crippen molar-refractivity contribution < 1.29 is 33.0 Å². The Morgan fingerprint density at radius 1 is 1.15 bits per heavy atom. The number of nitrogens with one attached hydrogen (secondary N) is 3. The fourth-order valence-electron chi connectivity index (χ4n) is 4.18. The molecule has 2 heterocycles. The topological polar surface area (TPSA) is 139 Å².